The van der Waals surface area contributed by atoms with Crippen molar-refractivity contribution in [2.75, 3.05) is 20.3 Å². The molecule has 0 saturated heterocycles. The van der Waals surface area contributed by atoms with Gasteiger partial charge in [-0.1, -0.05) is 30.3 Å². The van der Waals surface area contributed by atoms with E-state index in [9.17, 15) is 14.3 Å². The minimum atomic E-state index is -0.670. The van der Waals surface area contributed by atoms with Gasteiger partial charge in [-0.2, -0.15) is 5.10 Å². The van der Waals surface area contributed by atoms with Crippen molar-refractivity contribution in [3.63, 3.8) is 0 Å². The van der Waals surface area contributed by atoms with Crippen LogP contribution in [0.3, 0.4) is 0 Å². The third kappa shape index (κ3) is 4.56. The van der Waals surface area contributed by atoms with Crippen molar-refractivity contribution in [2.24, 2.45) is 0 Å². The van der Waals surface area contributed by atoms with Gasteiger partial charge < -0.3 is 20.1 Å². The summed E-state index contributed by atoms with van der Waals surface area (Å²) in [4.78, 5) is 15.7. The highest BCUT2D eigenvalue weighted by Gasteiger charge is 2.17. The maximum Gasteiger partial charge on any atom is 0.254 e. The molecule has 1 atom stereocenters. The number of nitrogens with zero attached hydrogens (tertiary/aromatic N) is 2. The summed E-state index contributed by atoms with van der Waals surface area (Å²) in [6.45, 7) is 0.743. The average Bonchev–Trinajstić information content (AvgIpc) is 3.13. The van der Waals surface area contributed by atoms with Gasteiger partial charge in [-0.15, -0.1) is 0 Å². The number of fused-ring (bicyclic) bond motifs is 1. The third-order valence-electron chi connectivity index (χ3n) is 4.92. The maximum absolute atomic E-state index is 13.9. The number of para-hydroxylation sites is 1. The molecule has 0 unspecified atom stereocenters. The molecule has 0 aliphatic carbocycles. The van der Waals surface area contributed by atoms with Gasteiger partial charge in [0.05, 0.1) is 18.4 Å². The van der Waals surface area contributed by atoms with Crippen LogP contribution in [0.1, 0.15) is 5.56 Å². The van der Waals surface area contributed by atoms with Gasteiger partial charge in [0.1, 0.15) is 17.2 Å². The van der Waals surface area contributed by atoms with Crippen molar-refractivity contribution in [1.29, 1.82) is 0 Å². The Morgan fingerprint density at radius 2 is 2.00 bits per heavy atom. The van der Waals surface area contributed by atoms with E-state index in [0.717, 1.165) is 5.69 Å². The molecule has 7 nitrogen and oxygen atoms in total. The molecule has 0 fully saturated rings. The first-order valence-electron chi connectivity index (χ1n) is 9.91. The minimum Gasteiger partial charge on any atom is -0.389 e. The lowest BCUT2D eigenvalue weighted by molar-refractivity contribution is 0.0644. The molecule has 0 saturated carbocycles. The Bertz CT molecular complexity index is 1240. The molecule has 0 aliphatic rings. The van der Waals surface area contributed by atoms with Gasteiger partial charge in [-0.05, 0) is 30.3 Å². The van der Waals surface area contributed by atoms with Gasteiger partial charge in [0.25, 0.3) is 5.56 Å². The van der Waals surface area contributed by atoms with E-state index in [0.29, 0.717) is 27.9 Å². The summed E-state index contributed by atoms with van der Waals surface area (Å²) in [5, 5.41) is 18.2. The van der Waals surface area contributed by atoms with Crippen LogP contribution in [-0.4, -0.2) is 46.2 Å². The standard InChI is InChI=1S/C23H23FN4O3/c1-31-14-19(29)13-25-12-16-11-20-21(15-6-5-7-17(24)10-15)27-28(22(20)26-23(16)30)18-8-3-2-4-9-18/h2-11,19,25,29H,12-14H2,1H3,(H,26,30)/t19-/m0/s1. The molecule has 160 valence electrons. The lowest BCUT2D eigenvalue weighted by Crippen LogP contribution is -2.31. The van der Waals surface area contributed by atoms with Crippen molar-refractivity contribution in [3.8, 4) is 16.9 Å². The molecule has 31 heavy (non-hydrogen) atoms. The Labute approximate surface area is 178 Å². The van der Waals surface area contributed by atoms with Crippen LogP contribution in [0.15, 0.2) is 65.5 Å². The van der Waals surface area contributed by atoms with E-state index >= 15 is 0 Å². The summed E-state index contributed by atoms with van der Waals surface area (Å²) in [5.41, 5.74) is 2.71. The second kappa shape index (κ2) is 9.22. The van der Waals surface area contributed by atoms with Gasteiger partial charge in [0.2, 0.25) is 0 Å². The number of aliphatic hydroxyl groups excluding tert-OH is 1. The van der Waals surface area contributed by atoms with Crippen LogP contribution in [0.25, 0.3) is 28.0 Å². The largest absolute Gasteiger partial charge is 0.389 e. The Hall–Kier alpha value is -3.33. The molecule has 8 heteroatoms. The Kier molecular flexibility index (Phi) is 6.22. The molecule has 0 spiro atoms. The van der Waals surface area contributed by atoms with E-state index in [1.807, 2.05) is 30.3 Å². The smallest absolute Gasteiger partial charge is 0.254 e. The van der Waals surface area contributed by atoms with Crippen LogP contribution < -0.4 is 10.9 Å². The summed E-state index contributed by atoms with van der Waals surface area (Å²) >= 11 is 0. The molecular formula is C23H23FN4O3. The zero-order valence-corrected chi connectivity index (χ0v) is 17.0. The number of hydrogen-bond acceptors (Lipinski definition) is 5. The van der Waals surface area contributed by atoms with E-state index in [4.69, 9.17) is 4.74 Å². The lowest BCUT2D eigenvalue weighted by atomic mass is 10.1. The first-order valence-corrected chi connectivity index (χ1v) is 9.91. The monoisotopic (exact) mass is 422 g/mol. The lowest BCUT2D eigenvalue weighted by Gasteiger charge is -2.10. The van der Waals surface area contributed by atoms with Crippen molar-refractivity contribution in [3.05, 3.63) is 82.4 Å². The van der Waals surface area contributed by atoms with Crippen molar-refractivity contribution < 1.29 is 14.2 Å². The van der Waals surface area contributed by atoms with Crippen molar-refractivity contribution in [2.45, 2.75) is 12.6 Å². The predicted molar refractivity (Wildman–Crippen MR) is 117 cm³/mol. The highest BCUT2D eigenvalue weighted by Crippen LogP contribution is 2.29. The van der Waals surface area contributed by atoms with E-state index in [-0.39, 0.29) is 31.1 Å². The molecule has 2 aromatic heterocycles. The number of aromatic amines is 1. The fourth-order valence-electron chi connectivity index (χ4n) is 3.48. The molecule has 3 N–H and O–H groups in total. The molecular weight excluding hydrogens is 399 g/mol. The summed E-state index contributed by atoms with van der Waals surface area (Å²) in [7, 11) is 1.51. The van der Waals surface area contributed by atoms with Crippen LogP contribution in [0, 0.1) is 5.82 Å². The predicted octanol–water partition coefficient (Wildman–Crippen LogP) is 2.62. The van der Waals surface area contributed by atoms with Crippen molar-refractivity contribution in [1.82, 2.24) is 20.1 Å². The normalized spacial score (nSPS) is 12.4. The third-order valence-corrected chi connectivity index (χ3v) is 4.92. The number of benzene rings is 2. The van der Waals surface area contributed by atoms with E-state index < -0.39 is 6.10 Å². The first kappa shape index (κ1) is 20.9. The molecule has 0 radical (unpaired) electrons. The molecule has 2 heterocycles. The van der Waals surface area contributed by atoms with Gasteiger partial charge in [-0.3, -0.25) is 4.79 Å². The fourth-order valence-corrected chi connectivity index (χ4v) is 3.48. The van der Waals surface area contributed by atoms with Gasteiger partial charge in [-0.25, -0.2) is 9.07 Å². The maximum atomic E-state index is 13.9. The van der Waals surface area contributed by atoms with Gasteiger partial charge >= 0.3 is 0 Å². The van der Waals surface area contributed by atoms with Crippen LogP contribution in [0.2, 0.25) is 0 Å². The summed E-state index contributed by atoms with van der Waals surface area (Å²) < 4.78 is 20.5. The SMILES string of the molecule is COC[C@@H](O)CNCc1cc2c(-c3cccc(F)c3)nn(-c3ccccc3)c2[nH]c1=O. The Morgan fingerprint density at radius 3 is 2.74 bits per heavy atom. The molecule has 0 amide bonds. The molecule has 4 aromatic rings. The minimum absolute atomic E-state index is 0.204. The van der Waals surface area contributed by atoms with E-state index in [1.165, 1.54) is 19.2 Å². The molecule has 4 rings (SSSR count). The Balaban J connectivity index is 1.79. The summed E-state index contributed by atoms with van der Waals surface area (Å²) in [6.07, 6.45) is -0.670. The topological polar surface area (TPSA) is 92.2 Å². The van der Waals surface area contributed by atoms with Crippen molar-refractivity contribution >= 4 is 11.0 Å². The Morgan fingerprint density at radius 1 is 1.19 bits per heavy atom. The average molecular weight is 422 g/mol. The highest BCUT2D eigenvalue weighted by atomic mass is 19.1. The second-order valence-corrected chi connectivity index (χ2v) is 7.23. The van der Waals surface area contributed by atoms with Crippen LogP contribution in [0.4, 0.5) is 4.39 Å². The zero-order chi connectivity index (χ0) is 21.8. The summed E-state index contributed by atoms with van der Waals surface area (Å²) in [6, 6.07) is 17.4. The number of nitrogens with one attached hydrogen (secondary N) is 2. The van der Waals surface area contributed by atoms with Gasteiger partial charge in [0, 0.05) is 36.7 Å². The fraction of sp³-hybridized carbons (Fsp3) is 0.217. The number of aromatic nitrogens is 3. The van der Waals surface area contributed by atoms with Gasteiger partial charge in [0.15, 0.2) is 0 Å². The number of rotatable bonds is 8. The number of methoxy groups -OCH3 is 1. The van der Waals surface area contributed by atoms with Crippen LogP contribution >= 0.6 is 0 Å². The zero-order valence-electron chi connectivity index (χ0n) is 17.0. The molecule has 0 aliphatic heterocycles. The summed E-state index contributed by atoms with van der Waals surface area (Å²) in [5.74, 6) is -0.363. The first-order chi connectivity index (χ1) is 15.1. The molecule has 2 aromatic carbocycles. The number of H-pyrrole nitrogens is 1. The number of ether oxygens (including phenoxy) is 1. The highest BCUT2D eigenvalue weighted by molar-refractivity contribution is 5.92. The van der Waals surface area contributed by atoms with Crippen LogP contribution in [-0.2, 0) is 11.3 Å². The quantitative estimate of drug-likeness (QED) is 0.406. The van der Waals surface area contributed by atoms with E-state index in [2.05, 4.69) is 15.4 Å². The molecule has 0 bridgehead atoms. The number of pyridine rings is 1. The number of aliphatic hydroxyl groups is 1. The van der Waals surface area contributed by atoms with E-state index in [1.54, 1.807) is 22.9 Å². The second-order valence-electron chi connectivity index (χ2n) is 7.23. The number of hydrogen-bond donors (Lipinski definition) is 3. The van der Waals surface area contributed by atoms with Crippen LogP contribution in [0.5, 0.6) is 0 Å². The number of halogens is 1.